The zero-order chi connectivity index (χ0) is 10.8. The summed E-state index contributed by atoms with van der Waals surface area (Å²) >= 11 is 0. The Balaban J connectivity index is 2.08. The minimum atomic E-state index is 0.0417. The normalized spacial score (nSPS) is 17.5. The van der Waals surface area contributed by atoms with Crippen LogP contribution in [0.5, 0.6) is 0 Å². The SMILES string of the molecule is CCC(Nc1ccc(=O)n(C)c1)C1CC1. The Morgan fingerprint density at radius 3 is 2.80 bits per heavy atom. The number of nitrogens with one attached hydrogen (secondary N) is 1. The van der Waals surface area contributed by atoms with Crippen LogP contribution in [0.25, 0.3) is 0 Å². The smallest absolute Gasteiger partial charge is 0.250 e. The van der Waals surface area contributed by atoms with Crippen molar-refractivity contribution < 1.29 is 0 Å². The molecular formula is C12H18N2O. The van der Waals surface area contributed by atoms with Gasteiger partial charge >= 0.3 is 0 Å². The number of rotatable bonds is 4. The highest BCUT2D eigenvalue weighted by Crippen LogP contribution is 2.35. The molecule has 0 saturated heterocycles. The largest absolute Gasteiger partial charge is 0.381 e. The number of aryl methyl sites for hydroxylation is 1. The Morgan fingerprint density at radius 1 is 1.53 bits per heavy atom. The molecule has 3 heteroatoms. The maximum atomic E-state index is 11.2. The van der Waals surface area contributed by atoms with Gasteiger partial charge in [0, 0.05) is 25.4 Å². The fraction of sp³-hybridized carbons (Fsp3) is 0.583. The summed E-state index contributed by atoms with van der Waals surface area (Å²) < 4.78 is 1.61. The van der Waals surface area contributed by atoms with E-state index in [0.29, 0.717) is 6.04 Å². The van der Waals surface area contributed by atoms with Crippen molar-refractivity contribution in [2.75, 3.05) is 5.32 Å². The lowest BCUT2D eigenvalue weighted by molar-refractivity contribution is 0.615. The van der Waals surface area contributed by atoms with E-state index in [0.717, 1.165) is 18.0 Å². The highest BCUT2D eigenvalue weighted by Gasteiger charge is 2.29. The van der Waals surface area contributed by atoms with Crippen molar-refractivity contribution in [3.63, 3.8) is 0 Å². The van der Waals surface area contributed by atoms with E-state index in [1.807, 2.05) is 12.3 Å². The molecule has 0 aliphatic heterocycles. The third-order valence-corrected chi connectivity index (χ3v) is 3.07. The second-order valence-corrected chi connectivity index (χ2v) is 4.36. The molecule has 2 rings (SSSR count). The van der Waals surface area contributed by atoms with E-state index >= 15 is 0 Å². The van der Waals surface area contributed by atoms with Crippen LogP contribution >= 0.6 is 0 Å². The summed E-state index contributed by atoms with van der Waals surface area (Å²) in [5, 5.41) is 3.50. The Morgan fingerprint density at radius 2 is 2.27 bits per heavy atom. The standard InChI is InChI=1S/C12H18N2O/c1-3-11(9-4-5-9)13-10-6-7-12(15)14(2)8-10/h6-9,11,13H,3-5H2,1-2H3. The molecule has 82 valence electrons. The second kappa shape index (κ2) is 4.09. The van der Waals surface area contributed by atoms with Gasteiger partial charge < -0.3 is 9.88 Å². The Kier molecular flexibility index (Phi) is 2.80. The number of pyridine rings is 1. The van der Waals surface area contributed by atoms with Crippen LogP contribution in [-0.2, 0) is 7.05 Å². The Bertz CT molecular complexity index is 393. The first kappa shape index (κ1) is 10.3. The predicted molar refractivity (Wildman–Crippen MR) is 62.1 cm³/mol. The van der Waals surface area contributed by atoms with Crippen LogP contribution in [0.4, 0.5) is 5.69 Å². The van der Waals surface area contributed by atoms with Gasteiger partial charge in [0.15, 0.2) is 0 Å². The summed E-state index contributed by atoms with van der Waals surface area (Å²) in [5.41, 5.74) is 1.09. The third kappa shape index (κ3) is 2.41. The first-order valence-corrected chi connectivity index (χ1v) is 5.64. The number of anilines is 1. The first-order chi connectivity index (χ1) is 7.20. The van der Waals surface area contributed by atoms with Crippen LogP contribution in [-0.4, -0.2) is 10.6 Å². The van der Waals surface area contributed by atoms with E-state index in [4.69, 9.17) is 0 Å². The first-order valence-electron chi connectivity index (χ1n) is 5.64. The fourth-order valence-electron chi connectivity index (χ4n) is 1.95. The Hall–Kier alpha value is -1.25. The molecule has 1 atom stereocenters. The van der Waals surface area contributed by atoms with E-state index in [2.05, 4.69) is 12.2 Å². The molecule has 1 unspecified atom stereocenters. The van der Waals surface area contributed by atoms with Crippen LogP contribution in [0.3, 0.4) is 0 Å². The van der Waals surface area contributed by atoms with E-state index in [9.17, 15) is 4.79 Å². The Labute approximate surface area is 90.1 Å². The van der Waals surface area contributed by atoms with E-state index in [-0.39, 0.29) is 5.56 Å². The van der Waals surface area contributed by atoms with Crippen LogP contribution in [0.2, 0.25) is 0 Å². The zero-order valence-electron chi connectivity index (χ0n) is 9.36. The minimum absolute atomic E-state index is 0.0417. The van der Waals surface area contributed by atoms with Gasteiger partial charge in [-0.1, -0.05) is 6.92 Å². The van der Waals surface area contributed by atoms with Crippen molar-refractivity contribution in [1.29, 1.82) is 0 Å². The van der Waals surface area contributed by atoms with E-state index in [1.54, 1.807) is 17.7 Å². The van der Waals surface area contributed by atoms with Crippen molar-refractivity contribution in [1.82, 2.24) is 4.57 Å². The van der Waals surface area contributed by atoms with Gasteiger partial charge in [0.1, 0.15) is 0 Å². The summed E-state index contributed by atoms with van der Waals surface area (Å²) in [6, 6.07) is 4.05. The molecule has 1 aromatic heterocycles. The van der Waals surface area contributed by atoms with Crippen molar-refractivity contribution >= 4 is 5.69 Å². The molecule has 0 bridgehead atoms. The summed E-state index contributed by atoms with van der Waals surface area (Å²) in [5.74, 6) is 0.840. The average Bonchev–Trinajstić information content (AvgIpc) is 3.03. The molecule has 1 N–H and O–H groups in total. The van der Waals surface area contributed by atoms with Gasteiger partial charge in [-0.05, 0) is 31.2 Å². The van der Waals surface area contributed by atoms with Gasteiger partial charge in [-0.15, -0.1) is 0 Å². The van der Waals surface area contributed by atoms with Crippen LogP contribution in [0.15, 0.2) is 23.1 Å². The molecule has 3 nitrogen and oxygen atoms in total. The lowest BCUT2D eigenvalue weighted by atomic mass is 10.1. The highest BCUT2D eigenvalue weighted by atomic mass is 16.1. The lowest BCUT2D eigenvalue weighted by Crippen LogP contribution is -2.22. The summed E-state index contributed by atoms with van der Waals surface area (Å²) in [7, 11) is 1.78. The maximum absolute atomic E-state index is 11.2. The number of hydrogen-bond acceptors (Lipinski definition) is 2. The van der Waals surface area contributed by atoms with Crippen LogP contribution in [0.1, 0.15) is 26.2 Å². The number of hydrogen-bond donors (Lipinski definition) is 1. The summed E-state index contributed by atoms with van der Waals surface area (Å²) in [6.07, 6.45) is 5.70. The van der Waals surface area contributed by atoms with Gasteiger partial charge in [-0.2, -0.15) is 0 Å². The van der Waals surface area contributed by atoms with Crippen molar-refractivity contribution in [3.8, 4) is 0 Å². The monoisotopic (exact) mass is 206 g/mol. The quantitative estimate of drug-likeness (QED) is 0.817. The van der Waals surface area contributed by atoms with Crippen molar-refractivity contribution in [2.24, 2.45) is 13.0 Å². The van der Waals surface area contributed by atoms with Crippen molar-refractivity contribution in [2.45, 2.75) is 32.2 Å². The molecule has 0 aromatic carbocycles. The molecule has 0 amide bonds. The number of nitrogens with zero attached hydrogens (tertiary/aromatic N) is 1. The lowest BCUT2D eigenvalue weighted by Gasteiger charge is -2.17. The minimum Gasteiger partial charge on any atom is -0.381 e. The summed E-state index contributed by atoms with van der Waals surface area (Å²) in [4.78, 5) is 11.2. The van der Waals surface area contributed by atoms with Gasteiger partial charge in [0.05, 0.1) is 5.69 Å². The predicted octanol–water partition coefficient (Wildman–Crippen LogP) is 1.99. The average molecular weight is 206 g/mol. The number of aromatic nitrogens is 1. The molecule has 1 aliphatic rings. The third-order valence-electron chi connectivity index (χ3n) is 3.07. The summed E-state index contributed by atoms with van der Waals surface area (Å²) in [6.45, 7) is 2.21. The van der Waals surface area contributed by atoms with Crippen LogP contribution in [0, 0.1) is 5.92 Å². The van der Waals surface area contributed by atoms with E-state index in [1.165, 1.54) is 12.8 Å². The fourth-order valence-corrected chi connectivity index (χ4v) is 1.95. The second-order valence-electron chi connectivity index (χ2n) is 4.36. The van der Waals surface area contributed by atoms with Crippen molar-refractivity contribution in [3.05, 3.63) is 28.7 Å². The highest BCUT2D eigenvalue weighted by molar-refractivity contribution is 5.41. The molecule has 1 aliphatic carbocycles. The maximum Gasteiger partial charge on any atom is 0.250 e. The molecule has 1 saturated carbocycles. The van der Waals surface area contributed by atoms with Gasteiger partial charge in [-0.3, -0.25) is 4.79 Å². The van der Waals surface area contributed by atoms with E-state index < -0.39 is 0 Å². The van der Waals surface area contributed by atoms with Gasteiger partial charge in [-0.25, -0.2) is 0 Å². The van der Waals surface area contributed by atoms with Crippen LogP contribution < -0.4 is 10.9 Å². The van der Waals surface area contributed by atoms with Gasteiger partial charge in [0.25, 0.3) is 0 Å². The zero-order valence-corrected chi connectivity index (χ0v) is 9.36. The molecular weight excluding hydrogens is 188 g/mol. The topological polar surface area (TPSA) is 34.0 Å². The van der Waals surface area contributed by atoms with Gasteiger partial charge in [0.2, 0.25) is 5.56 Å². The molecule has 1 heterocycles. The molecule has 15 heavy (non-hydrogen) atoms. The molecule has 1 fully saturated rings. The molecule has 0 spiro atoms. The molecule has 1 aromatic rings. The molecule has 0 radical (unpaired) electrons.